The molecule has 2 aliphatic rings. The molecule has 0 N–H and O–H groups in total. The minimum Gasteiger partial charge on any atom is -0.343 e. The van der Waals surface area contributed by atoms with Gasteiger partial charge in [0.05, 0.1) is 0 Å². The van der Waals surface area contributed by atoms with Crippen LogP contribution in [-0.4, -0.2) is 47.2 Å². The first-order valence-corrected chi connectivity index (χ1v) is 11.8. The van der Waals surface area contributed by atoms with Crippen molar-refractivity contribution in [2.45, 2.75) is 32.1 Å². The number of imide groups is 1. The second kappa shape index (κ2) is 9.18. The second-order valence-electron chi connectivity index (χ2n) is 9.09. The highest BCUT2D eigenvalue weighted by Gasteiger charge is 2.32. The van der Waals surface area contributed by atoms with Crippen LogP contribution >= 0.6 is 0 Å². The van der Waals surface area contributed by atoms with Gasteiger partial charge < -0.3 is 4.90 Å². The monoisotopic (exact) mass is 440 g/mol. The van der Waals surface area contributed by atoms with Gasteiger partial charge in [-0.25, -0.2) is 0 Å². The number of carbonyl (C=O) groups is 3. The number of rotatable bonds is 6. The van der Waals surface area contributed by atoms with Crippen LogP contribution in [0.5, 0.6) is 0 Å². The number of likely N-dealkylation sites (tertiary alicyclic amines) is 1. The Balaban J connectivity index is 1.14. The molecule has 1 fully saturated rings. The minimum atomic E-state index is -0.265. The molecule has 5 rings (SSSR count). The lowest BCUT2D eigenvalue weighted by molar-refractivity contribution is -0.132. The van der Waals surface area contributed by atoms with Gasteiger partial charge in [0.1, 0.15) is 0 Å². The number of nitrogens with zero attached hydrogens (tertiary/aromatic N) is 2. The van der Waals surface area contributed by atoms with E-state index in [1.807, 2.05) is 35.2 Å². The molecule has 0 unspecified atom stereocenters. The maximum atomic E-state index is 13.0. The number of hydrogen-bond donors (Lipinski definition) is 0. The standard InChI is InChI=1S/C28H28N2O3/c31-25(29-17-14-21(15-18-29)19-20-7-2-1-3-8-20)13-6-16-30-27(32)23-11-4-9-22-10-5-12-24(26(22)23)28(30)33/h1-5,7-12,21H,6,13-19H2. The molecule has 5 heteroatoms. The molecule has 0 aromatic heterocycles. The average Bonchev–Trinajstić information content (AvgIpc) is 2.85. The highest BCUT2D eigenvalue weighted by molar-refractivity contribution is 6.25. The third kappa shape index (κ3) is 4.28. The van der Waals surface area contributed by atoms with E-state index in [1.54, 1.807) is 12.1 Å². The lowest BCUT2D eigenvalue weighted by atomic mass is 9.90. The van der Waals surface area contributed by atoms with E-state index in [-0.39, 0.29) is 24.3 Å². The van der Waals surface area contributed by atoms with E-state index >= 15 is 0 Å². The number of hydrogen-bond acceptors (Lipinski definition) is 3. The van der Waals surface area contributed by atoms with E-state index in [0.29, 0.717) is 29.9 Å². The molecule has 0 aliphatic carbocycles. The zero-order valence-electron chi connectivity index (χ0n) is 18.7. The number of carbonyl (C=O) groups excluding carboxylic acids is 3. The van der Waals surface area contributed by atoms with Gasteiger partial charge in [0, 0.05) is 42.6 Å². The smallest absolute Gasteiger partial charge is 0.261 e. The van der Waals surface area contributed by atoms with Gasteiger partial charge in [-0.05, 0) is 54.7 Å². The highest BCUT2D eigenvalue weighted by atomic mass is 16.2. The van der Waals surface area contributed by atoms with Crippen molar-refractivity contribution in [2.75, 3.05) is 19.6 Å². The van der Waals surface area contributed by atoms with Crippen molar-refractivity contribution in [1.29, 1.82) is 0 Å². The van der Waals surface area contributed by atoms with Crippen molar-refractivity contribution in [3.8, 4) is 0 Å². The molecule has 2 heterocycles. The molecule has 5 nitrogen and oxygen atoms in total. The summed E-state index contributed by atoms with van der Waals surface area (Å²) < 4.78 is 0. The normalized spacial score (nSPS) is 16.5. The zero-order chi connectivity index (χ0) is 22.8. The van der Waals surface area contributed by atoms with Gasteiger partial charge in [-0.1, -0.05) is 54.6 Å². The fourth-order valence-corrected chi connectivity index (χ4v) is 5.16. The summed E-state index contributed by atoms with van der Waals surface area (Å²) in [5.74, 6) is 0.201. The molecular weight excluding hydrogens is 412 g/mol. The summed E-state index contributed by atoms with van der Waals surface area (Å²) in [6, 6.07) is 21.6. The van der Waals surface area contributed by atoms with E-state index < -0.39 is 0 Å². The summed E-state index contributed by atoms with van der Waals surface area (Å²) >= 11 is 0. The SMILES string of the molecule is O=C(CCCN1C(=O)c2cccc3cccc(c23)C1=O)N1CCC(Cc2ccccc2)CC1. The first-order chi connectivity index (χ1) is 16.1. The molecule has 1 saturated heterocycles. The molecular formula is C28H28N2O3. The Hall–Kier alpha value is -3.47. The van der Waals surface area contributed by atoms with Crippen LogP contribution in [0.3, 0.4) is 0 Å². The van der Waals surface area contributed by atoms with Crippen molar-refractivity contribution in [3.63, 3.8) is 0 Å². The van der Waals surface area contributed by atoms with Crippen molar-refractivity contribution in [1.82, 2.24) is 9.80 Å². The number of benzene rings is 3. The van der Waals surface area contributed by atoms with Crippen LogP contribution in [0, 0.1) is 5.92 Å². The summed E-state index contributed by atoms with van der Waals surface area (Å²) in [5.41, 5.74) is 2.49. The predicted molar refractivity (Wildman–Crippen MR) is 128 cm³/mol. The molecule has 168 valence electrons. The van der Waals surface area contributed by atoms with Crippen LogP contribution < -0.4 is 0 Å². The Morgan fingerprint density at radius 3 is 2.09 bits per heavy atom. The fourth-order valence-electron chi connectivity index (χ4n) is 5.16. The topological polar surface area (TPSA) is 57.7 Å². The predicted octanol–water partition coefficient (Wildman–Crippen LogP) is 4.70. The van der Waals surface area contributed by atoms with Gasteiger partial charge in [0.25, 0.3) is 11.8 Å². The Labute approximate surface area is 194 Å². The zero-order valence-corrected chi connectivity index (χ0v) is 18.7. The molecule has 3 aromatic rings. The quantitative estimate of drug-likeness (QED) is 0.522. The van der Waals surface area contributed by atoms with E-state index in [1.165, 1.54) is 10.5 Å². The molecule has 0 saturated carbocycles. The van der Waals surface area contributed by atoms with Crippen molar-refractivity contribution < 1.29 is 14.4 Å². The van der Waals surface area contributed by atoms with E-state index in [0.717, 1.165) is 43.1 Å². The highest BCUT2D eigenvalue weighted by Crippen LogP contribution is 2.30. The first-order valence-electron chi connectivity index (χ1n) is 11.8. The van der Waals surface area contributed by atoms with Crippen LogP contribution in [0.15, 0.2) is 66.7 Å². The minimum absolute atomic E-state index is 0.118. The summed E-state index contributed by atoms with van der Waals surface area (Å²) in [4.78, 5) is 42.0. The fraction of sp³-hybridized carbons (Fsp3) is 0.321. The van der Waals surface area contributed by atoms with Crippen LogP contribution in [0.4, 0.5) is 0 Å². The molecule has 0 atom stereocenters. The van der Waals surface area contributed by atoms with Crippen molar-refractivity contribution >= 4 is 28.5 Å². The summed E-state index contributed by atoms with van der Waals surface area (Å²) in [6.07, 6.45) is 3.94. The van der Waals surface area contributed by atoms with Crippen LogP contribution in [-0.2, 0) is 11.2 Å². The maximum Gasteiger partial charge on any atom is 0.261 e. The molecule has 3 aromatic carbocycles. The molecule has 3 amide bonds. The Morgan fingerprint density at radius 2 is 1.45 bits per heavy atom. The Kier molecular flexibility index (Phi) is 5.95. The van der Waals surface area contributed by atoms with Crippen molar-refractivity contribution in [2.24, 2.45) is 5.92 Å². The van der Waals surface area contributed by atoms with E-state index in [9.17, 15) is 14.4 Å². The summed E-state index contributed by atoms with van der Waals surface area (Å²) in [5, 5.41) is 1.64. The molecule has 0 radical (unpaired) electrons. The van der Waals surface area contributed by atoms with Crippen LogP contribution in [0.25, 0.3) is 10.8 Å². The van der Waals surface area contributed by atoms with Gasteiger partial charge >= 0.3 is 0 Å². The largest absolute Gasteiger partial charge is 0.343 e. The third-order valence-electron chi connectivity index (χ3n) is 6.96. The summed E-state index contributed by atoms with van der Waals surface area (Å²) in [6.45, 7) is 1.83. The van der Waals surface area contributed by atoms with Crippen LogP contribution in [0.1, 0.15) is 52.0 Å². The first kappa shape index (κ1) is 21.4. The number of amides is 3. The lowest BCUT2D eigenvalue weighted by Gasteiger charge is -2.32. The van der Waals surface area contributed by atoms with E-state index in [2.05, 4.69) is 24.3 Å². The molecule has 0 bridgehead atoms. The third-order valence-corrected chi connectivity index (χ3v) is 6.96. The molecule has 33 heavy (non-hydrogen) atoms. The van der Waals surface area contributed by atoms with E-state index in [4.69, 9.17) is 0 Å². The average molecular weight is 441 g/mol. The van der Waals surface area contributed by atoms with Gasteiger partial charge in [0.15, 0.2) is 0 Å². The number of piperidine rings is 1. The second-order valence-corrected chi connectivity index (χ2v) is 9.09. The van der Waals surface area contributed by atoms with Gasteiger partial charge in [-0.2, -0.15) is 0 Å². The molecule has 0 spiro atoms. The van der Waals surface area contributed by atoms with Gasteiger partial charge in [-0.15, -0.1) is 0 Å². The Morgan fingerprint density at radius 1 is 0.818 bits per heavy atom. The summed E-state index contributed by atoms with van der Waals surface area (Å²) in [7, 11) is 0. The van der Waals surface area contributed by atoms with Gasteiger partial charge in [-0.3, -0.25) is 19.3 Å². The van der Waals surface area contributed by atoms with Crippen LogP contribution in [0.2, 0.25) is 0 Å². The lowest BCUT2D eigenvalue weighted by Crippen LogP contribution is -2.42. The van der Waals surface area contributed by atoms with Gasteiger partial charge in [0.2, 0.25) is 5.91 Å². The molecule has 2 aliphatic heterocycles. The Bertz CT molecular complexity index is 1150. The maximum absolute atomic E-state index is 13.0. The van der Waals surface area contributed by atoms with Crippen molar-refractivity contribution in [3.05, 3.63) is 83.4 Å².